The van der Waals surface area contributed by atoms with Crippen molar-refractivity contribution < 1.29 is 19.8 Å². The van der Waals surface area contributed by atoms with Crippen molar-refractivity contribution >= 4 is 11.9 Å². The minimum absolute atomic E-state index is 0.0347. The Bertz CT molecular complexity index is 318. The average molecular weight is 241 g/mol. The molecule has 1 heterocycles. The Balaban J connectivity index is 1.90. The molecule has 96 valence electrons. The van der Waals surface area contributed by atoms with Crippen molar-refractivity contribution in [2.24, 2.45) is 11.8 Å². The number of carbonyl (C=O) groups is 2. The molecule has 3 atom stereocenters. The predicted octanol–water partition coefficient (Wildman–Crippen LogP) is 0.471. The van der Waals surface area contributed by atoms with Gasteiger partial charge in [0, 0.05) is 19.0 Å². The first-order chi connectivity index (χ1) is 8.08. The summed E-state index contributed by atoms with van der Waals surface area (Å²) in [5.41, 5.74) is 0. The summed E-state index contributed by atoms with van der Waals surface area (Å²) in [4.78, 5) is 24.7. The number of likely N-dealkylation sites (tertiary alicyclic amines) is 1. The summed E-state index contributed by atoms with van der Waals surface area (Å²) < 4.78 is 0. The van der Waals surface area contributed by atoms with Gasteiger partial charge in [-0.05, 0) is 32.1 Å². The zero-order chi connectivity index (χ0) is 12.4. The molecule has 1 amide bonds. The van der Waals surface area contributed by atoms with Crippen LogP contribution >= 0.6 is 0 Å². The quantitative estimate of drug-likeness (QED) is 0.736. The molecule has 5 nitrogen and oxygen atoms in total. The van der Waals surface area contributed by atoms with Crippen molar-refractivity contribution in [3.63, 3.8) is 0 Å². The molecule has 1 aliphatic heterocycles. The van der Waals surface area contributed by atoms with Gasteiger partial charge in [-0.3, -0.25) is 9.59 Å². The monoisotopic (exact) mass is 241 g/mol. The second-order valence-electron chi connectivity index (χ2n) is 5.13. The number of hydrogen-bond acceptors (Lipinski definition) is 3. The molecule has 2 aliphatic rings. The predicted molar refractivity (Wildman–Crippen MR) is 60.3 cm³/mol. The number of aliphatic hydroxyl groups excluding tert-OH is 1. The largest absolute Gasteiger partial charge is 0.481 e. The van der Waals surface area contributed by atoms with Crippen LogP contribution in [-0.2, 0) is 9.59 Å². The van der Waals surface area contributed by atoms with Crippen LogP contribution in [0.15, 0.2) is 0 Å². The summed E-state index contributed by atoms with van der Waals surface area (Å²) in [5, 5.41) is 18.4. The van der Waals surface area contributed by atoms with Crippen LogP contribution in [0.25, 0.3) is 0 Å². The van der Waals surface area contributed by atoms with Crippen LogP contribution in [0, 0.1) is 11.8 Å². The average Bonchev–Trinajstić information content (AvgIpc) is 2.77. The van der Waals surface area contributed by atoms with Gasteiger partial charge in [-0.25, -0.2) is 0 Å². The van der Waals surface area contributed by atoms with E-state index in [1.165, 1.54) is 0 Å². The van der Waals surface area contributed by atoms with E-state index in [2.05, 4.69) is 0 Å². The molecule has 0 bridgehead atoms. The molecular formula is C12H19NO4. The number of nitrogens with zero attached hydrogens (tertiary/aromatic N) is 1. The van der Waals surface area contributed by atoms with Gasteiger partial charge >= 0.3 is 5.97 Å². The first-order valence-corrected chi connectivity index (χ1v) is 6.27. The van der Waals surface area contributed by atoms with E-state index < -0.39 is 12.1 Å². The number of piperidine rings is 1. The standard InChI is InChI=1S/C12H19NO4/c14-10-2-1-5-13(7-10)11(15)8-3-4-9(6-8)12(16)17/h8-10,14H,1-7H2,(H,16,17)/t8-,9+,10+/m1/s1. The SMILES string of the molecule is O=C(O)[C@H]1CC[C@@H](C(=O)N2CCC[C@H](O)C2)C1. The fourth-order valence-electron chi connectivity index (χ4n) is 2.84. The van der Waals surface area contributed by atoms with Gasteiger partial charge in [0.05, 0.1) is 12.0 Å². The van der Waals surface area contributed by atoms with Gasteiger partial charge in [0.15, 0.2) is 0 Å². The normalized spacial score (nSPS) is 33.7. The van der Waals surface area contributed by atoms with E-state index in [4.69, 9.17) is 5.11 Å². The van der Waals surface area contributed by atoms with E-state index in [-0.39, 0.29) is 17.7 Å². The summed E-state index contributed by atoms with van der Waals surface area (Å²) in [5.74, 6) is -1.27. The van der Waals surface area contributed by atoms with Crippen molar-refractivity contribution in [3.8, 4) is 0 Å². The number of carboxylic acid groups (broad SMARTS) is 1. The third-order valence-corrected chi connectivity index (χ3v) is 3.84. The molecule has 0 spiro atoms. The Labute approximate surface area is 100 Å². The van der Waals surface area contributed by atoms with Crippen LogP contribution < -0.4 is 0 Å². The number of carboxylic acids is 1. The number of aliphatic hydroxyl groups is 1. The maximum Gasteiger partial charge on any atom is 0.306 e. The number of rotatable bonds is 2. The van der Waals surface area contributed by atoms with E-state index in [0.717, 1.165) is 12.8 Å². The van der Waals surface area contributed by atoms with Crippen molar-refractivity contribution in [1.82, 2.24) is 4.90 Å². The molecule has 2 N–H and O–H groups in total. The highest BCUT2D eigenvalue weighted by molar-refractivity contribution is 5.81. The molecule has 1 aliphatic carbocycles. The van der Waals surface area contributed by atoms with Crippen molar-refractivity contribution in [1.29, 1.82) is 0 Å². The van der Waals surface area contributed by atoms with Crippen LogP contribution in [0.4, 0.5) is 0 Å². The van der Waals surface area contributed by atoms with Crippen LogP contribution in [0.1, 0.15) is 32.1 Å². The Morgan fingerprint density at radius 2 is 1.82 bits per heavy atom. The molecule has 17 heavy (non-hydrogen) atoms. The highest BCUT2D eigenvalue weighted by Gasteiger charge is 2.36. The molecule has 0 aromatic heterocycles. The van der Waals surface area contributed by atoms with Gasteiger partial charge in [-0.2, -0.15) is 0 Å². The van der Waals surface area contributed by atoms with Gasteiger partial charge in [0.1, 0.15) is 0 Å². The van der Waals surface area contributed by atoms with E-state index in [0.29, 0.717) is 32.4 Å². The van der Waals surface area contributed by atoms with E-state index in [9.17, 15) is 14.7 Å². The molecule has 2 fully saturated rings. The van der Waals surface area contributed by atoms with E-state index in [1.807, 2.05) is 0 Å². The lowest BCUT2D eigenvalue weighted by Gasteiger charge is -2.32. The second kappa shape index (κ2) is 5.04. The van der Waals surface area contributed by atoms with Crippen LogP contribution in [0.5, 0.6) is 0 Å². The van der Waals surface area contributed by atoms with Crippen LogP contribution in [0.2, 0.25) is 0 Å². The Hall–Kier alpha value is -1.10. The summed E-state index contributed by atoms with van der Waals surface area (Å²) in [6.45, 7) is 1.11. The Kier molecular flexibility index (Phi) is 3.66. The molecule has 0 aromatic rings. The van der Waals surface area contributed by atoms with Crippen LogP contribution in [-0.4, -0.2) is 46.2 Å². The fourth-order valence-corrected chi connectivity index (χ4v) is 2.84. The van der Waals surface area contributed by atoms with Gasteiger partial charge in [0.2, 0.25) is 5.91 Å². The van der Waals surface area contributed by atoms with Gasteiger partial charge in [-0.1, -0.05) is 0 Å². The minimum atomic E-state index is -0.793. The van der Waals surface area contributed by atoms with Crippen LogP contribution in [0.3, 0.4) is 0 Å². The third kappa shape index (κ3) is 2.77. The van der Waals surface area contributed by atoms with E-state index in [1.54, 1.807) is 4.90 Å². The molecule has 2 rings (SSSR count). The number of carbonyl (C=O) groups excluding carboxylic acids is 1. The van der Waals surface area contributed by atoms with Crippen molar-refractivity contribution in [2.45, 2.75) is 38.2 Å². The highest BCUT2D eigenvalue weighted by atomic mass is 16.4. The topological polar surface area (TPSA) is 77.8 Å². The molecule has 0 aromatic carbocycles. The lowest BCUT2D eigenvalue weighted by Crippen LogP contribution is -2.44. The first kappa shape index (κ1) is 12.4. The molecule has 1 saturated heterocycles. The third-order valence-electron chi connectivity index (χ3n) is 3.84. The van der Waals surface area contributed by atoms with E-state index >= 15 is 0 Å². The molecule has 1 saturated carbocycles. The Morgan fingerprint density at radius 3 is 2.41 bits per heavy atom. The second-order valence-corrected chi connectivity index (χ2v) is 5.13. The summed E-state index contributed by atoms with van der Waals surface area (Å²) in [6.07, 6.45) is 2.91. The lowest BCUT2D eigenvalue weighted by atomic mass is 10.0. The van der Waals surface area contributed by atoms with Crippen molar-refractivity contribution in [3.05, 3.63) is 0 Å². The molecule has 5 heteroatoms. The van der Waals surface area contributed by atoms with Gasteiger partial charge in [0.25, 0.3) is 0 Å². The number of β-amino-alcohol motifs (C(OH)–C–C–N with tert-alkyl or cyclic N) is 1. The molecule has 0 unspecified atom stereocenters. The summed E-state index contributed by atoms with van der Waals surface area (Å²) in [6, 6.07) is 0. The number of aliphatic carboxylic acids is 1. The molecular weight excluding hydrogens is 222 g/mol. The lowest BCUT2D eigenvalue weighted by molar-refractivity contribution is -0.142. The summed E-state index contributed by atoms with van der Waals surface area (Å²) in [7, 11) is 0. The summed E-state index contributed by atoms with van der Waals surface area (Å²) >= 11 is 0. The minimum Gasteiger partial charge on any atom is -0.481 e. The Morgan fingerprint density at radius 1 is 1.12 bits per heavy atom. The zero-order valence-electron chi connectivity index (χ0n) is 9.84. The fraction of sp³-hybridized carbons (Fsp3) is 0.833. The highest BCUT2D eigenvalue weighted by Crippen LogP contribution is 2.32. The zero-order valence-corrected chi connectivity index (χ0v) is 9.84. The number of hydrogen-bond donors (Lipinski definition) is 2. The maximum absolute atomic E-state index is 12.1. The van der Waals surface area contributed by atoms with Gasteiger partial charge in [-0.15, -0.1) is 0 Å². The van der Waals surface area contributed by atoms with Crippen molar-refractivity contribution in [2.75, 3.05) is 13.1 Å². The molecule has 0 radical (unpaired) electrons. The first-order valence-electron chi connectivity index (χ1n) is 6.27. The maximum atomic E-state index is 12.1. The number of amides is 1. The smallest absolute Gasteiger partial charge is 0.306 e. The van der Waals surface area contributed by atoms with Gasteiger partial charge < -0.3 is 15.1 Å².